The van der Waals surface area contributed by atoms with Gasteiger partial charge in [0.05, 0.1) is 0 Å². The Morgan fingerprint density at radius 2 is 1.28 bits per heavy atom. The van der Waals surface area contributed by atoms with E-state index < -0.39 is 0 Å². The second kappa shape index (κ2) is 17.3. The van der Waals surface area contributed by atoms with Crippen molar-refractivity contribution >= 4 is 0 Å². The van der Waals surface area contributed by atoms with Gasteiger partial charge in [0.15, 0.2) is 0 Å². The highest BCUT2D eigenvalue weighted by atomic mass is 14.9. The molecule has 2 rings (SSSR count). The maximum atomic E-state index is 5.47. The van der Waals surface area contributed by atoms with Crippen molar-refractivity contribution in [2.45, 2.75) is 120 Å². The molecule has 1 aliphatic carbocycles. The largest absolute Gasteiger partial charge is 0.330 e. The molecule has 196 valence electrons. The summed E-state index contributed by atoms with van der Waals surface area (Å²) in [6.45, 7) is 27.2. The summed E-state index contributed by atoms with van der Waals surface area (Å²) in [6.07, 6.45) is 8.94. The third kappa shape index (κ3) is 27.9. The van der Waals surface area contributed by atoms with Crippen molar-refractivity contribution in [1.82, 2.24) is 10.6 Å². The van der Waals surface area contributed by atoms with Crippen molar-refractivity contribution < 1.29 is 0 Å². The van der Waals surface area contributed by atoms with Crippen LogP contribution in [0, 0.1) is 28.1 Å². The Labute approximate surface area is 203 Å². The first kappa shape index (κ1) is 34.0. The average Bonchev–Trinajstić information content (AvgIpc) is 2.55. The van der Waals surface area contributed by atoms with Crippen LogP contribution in [-0.2, 0) is 0 Å². The van der Waals surface area contributed by atoms with Crippen molar-refractivity contribution in [1.29, 1.82) is 0 Å². The Morgan fingerprint density at radius 3 is 1.44 bits per heavy atom. The van der Waals surface area contributed by atoms with E-state index in [-0.39, 0.29) is 0 Å². The van der Waals surface area contributed by atoms with Crippen LogP contribution in [0.1, 0.15) is 114 Å². The smallest absolute Gasteiger partial charge is 0.00439 e. The lowest BCUT2D eigenvalue weighted by atomic mass is 9.83. The molecule has 0 bridgehead atoms. The van der Waals surface area contributed by atoms with Crippen molar-refractivity contribution in [2.75, 3.05) is 33.2 Å². The van der Waals surface area contributed by atoms with Crippen LogP contribution in [0.2, 0.25) is 0 Å². The Bertz CT molecular complexity index is 381. The minimum Gasteiger partial charge on any atom is -0.330 e. The van der Waals surface area contributed by atoms with Gasteiger partial charge >= 0.3 is 0 Å². The van der Waals surface area contributed by atoms with Crippen LogP contribution in [0.4, 0.5) is 0 Å². The summed E-state index contributed by atoms with van der Waals surface area (Å²) in [5.74, 6) is 1.90. The van der Waals surface area contributed by atoms with E-state index in [1.165, 1.54) is 51.6 Å². The fourth-order valence-electron chi connectivity index (χ4n) is 3.29. The lowest BCUT2D eigenvalue weighted by molar-refractivity contribution is 0.264. The topological polar surface area (TPSA) is 76.1 Å². The summed E-state index contributed by atoms with van der Waals surface area (Å²) in [6, 6.07) is 0.542. The predicted octanol–water partition coefficient (Wildman–Crippen LogP) is 6.19. The van der Waals surface area contributed by atoms with Crippen LogP contribution < -0.4 is 22.1 Å². The van der Waals surface area contributed by atoms with Gasteiger partial charge in [0, 0.05) is 6.04 Å². The number of nitrogens with two attached hydrogens (primary N) is 2. The van der Waals surface area contributed by atoms with Crippen LogP contribution in [0.5, 0.6) is 0 Å². The molecule has 0 aromatic heterocycles. The molecule has 1 heterocycles. The van der Waals surface area contributed by atoms with Gasteiger partial charge in [0.25, 0.3) is 0 Å². The molecule has 2 aliphatic rings. The molecule has 0 spiro atoms. The first-order valence-electron chi connectivity index (χ1n) is 13.3. The highest BCUT2D eigenvalue weighted by molar-refractivity contribution is 4.78. The van der Waals surface area contributed by atoms with E-state index in [0.717, 1.165) is 31.3 Å². The summed E-state index contributed by atoms with van der Waals surface area (Å²) < 4.78 is 0. The van der Waals surface area contributed by atoms with Gasteiger partial charge in [-0.15, -0.1) is 0 Å². The minimum atomic E-state index is 0.472. The Hall–Kier alpha value is -0.160. The monoisotopic (exact) mass is 457 g/mol. The average molecular weight is 457 g/mol. The minimum absolute atomic E-state index is 0.472. The van der Waals surface area contributed by atoms with E-state index in [4.69, 9.17) is 11.5 Å². The molecule has 0 aromatic rings. The van der Waals surface area contributed by atoms with Gasteiger partial charge in [0.1, 0.15) is 0 Å². The zero-order chi connectivity index (χ0) is 25.4. The van der Waals surface area contributed by atoms with Crippen LogP contribution >= 0.6 is 0 Å². The van der Waals surface area contributed by atoms with Gasteiger partial charge in [-0.1, -0.05) is 69.2 Å². The first-order valence-corrected chi connectivity index (χ1v) is 13.3. The quantitative estimate of drug-likeness (QED) is 0.384. The van der Waals surface area contributed by atoms with Gasteiger partial charge < -0.3 is 22.1 Å². The van der Waals surface area contributed by atoms with Crippen LogP contribution in [0.3, 0.4) is 0 Å². The lowest BCUT2D eigenvalue weighted by Gasteiger charge is -2.29. The molecule has 32 heavy (non-hydrogen) atoms. The molecule has 0 amide bonds. The molecule has 0 unspecified atom stereocenters. The number of nitrogens with one attached hydrogen (secondary N) is 2. The zero-order valence-electron chi connectivity index (χ0n) is 24.2. The first-order chi connectivity index (χ1) is 14.5. The van der Waals surface area contributed by atoms with E-state index in [9.17, 15) is 0 Å². The van der Waals surface area contributed by atoms with Crippen molar-refractivity contribution in [3.8, 4) is 0 Å². The molecule has 2 fully saturated rings. The van der Waals surface area contributed by atoms with Crippen LogP contribution in [-0.4, -0.2) is 39.3 Å². The third-order valence-corrected chi connectivity index (χ3v) is 5.83. The number of hydrogen-bond donors (Lipinski definition) is 4. The fourth-order valence-corrected chi connectivity index (χ4v) is 3.29. The Kier molecular flexibility index (Phi) is 18.4. The van der Waals surface area contributed by atoms with E-state index in [1.807, 2.05) is 7.05 Å². The van der Waals surface area contributed by atoms with E-state index in [0.29, 0.717) is 22.3 Å². The summed E-state index contributed by atoms with van der Waals surface area (Å²) in [7, 11) is 1.99. The lowest BCUT2D eigenvalue weighted by Crippen LogP contribution is -2.42. The van der Waals surface area contributed by atoms with E-state index >= 15 is 0 Å². The second-order valence-electron chi connectivity index (χ2n) is 13.8. The Morgan fingerprint density at radius 1 is 0.812 bits per heavy atom. The van der Waals surface area contributed by atoms with E-state index in [2.05, 4.69) is 79.9 Å². The summed E-state index contributed by atoms with van der Waals surface area (Å²) in [5, 5.41) is 6.42. The number of rotatable bonds is 6. The molecule has 6 N–H and O–H groups in total. The van der Waals surface area contributed by atoms with Gasteiger partial charge in [-0.2, -0.15) is 0 Å². The van der Waals surface area contributed by atoms with Crippen molar-refractivity contribution in [3.05, 3.63) is 0 Å². The van der Waals surface area contributed by atoms with Crippen LogP contribution in [0.15, 0.2) is 0 Å². The molecule has 0 atom stereocenters. The molecule has 1 saturated heterocycles. The Balaban J connectivity index is 0. The third-order valence-electron chi connectivity index (χ3n) is 5.83. The normalized spacial score (nSPS) is 20.9. The van der Waals surface area contributed by atoms with Gasteiger partial charge in [-0.3, -0.25) is 0 Å². The van der Waals surface area contributed by atoms with Crippen LogP contribution in [0.25, 0.3) is 0 Å². The maximum Gasteiger partial charge on any atom is 0.00439 e. The highest BCUT2D eigenvalue weighted by Gasteiger charge is 2.20. The molecule has 0 radical (unpaired) electrons. The highest BCUT2D eigenvalue weighted by Crippen LogP contribution is 2.25. The van der Waals surface area contributed by atoms with Gasteiger partial charge in [-0.05, 0) is 106 Å². The molecular formula is C28H64N4. The zero-order valence-corrected chi connectivity index (χ0v) is 24.2. The van der Waals surface area contributed by atoms with Gasteiger partial charge in [-0.25, -0.2) is 0 Å². The molecule has 0 aromatic carbocycles. The SMILES string of the molecule is CC(C)(C)CCC1CNC1.CC(C)(C)CCCN.CC1CC(N)C1.CNCCC(C)(C)C. The predicted molar refractivity (Wildman–Crippen MR) is 147 cm³/mol. The summed E-state index contributed by atoms with van der Waals surface area (Å²) in [4.78, 5) is 0. The van der Waals surface area contributed by atoms with E-state index in [1.54, 1.807) is 0 Å². The fraction of sp³-hybridized carbons (Fsp3) is 1.00. The van der Waals surface area contributed by atoms with Crippen molar-refractivity contribution in [2.24, 2.45) is 39.5 Å². The standard InChI is InChI=1S/C9H19N.2C7H17N.C5H11N/c1-9(2,3)5-4-8-6-10-7-8;1-7(2,3)5-6-8-4;1-7(2,3)5-4-6-8;1-4-2-5(6)3-4/h8,10H,4-7H2,1-3H3;8H,5-6H2,1-4H3;4-6,8H2,1-3H3;4-5H,2-3,6H2,1H3. The molecule has 1 aliphatic heterocycles. The molecule has 1 saturated carbocycles. The number of hydrogen-bond acceptors (Lipinski definition) is 4. The van der Waals surface area contributed by atoms with Crippen molar-refractivity contribution in [3.63, 3.8) is 0 Å². The summed E-state index contributed by atoms with van der Waals surface area (Å²) >= 11 is 0. The second-order valence-corrected chi connectivity index (χ2v) is 13.8. The van der Waals surface area contributed by atoms with Gasteiger partial charge in [0.2, 0.25) is 0 Å². The maximum absolute atomic E-state index is 5.47. The molecular weight excluding hydrogens is 392 g/mol. The summed E-state index contributed by atoms with van der Waals surface area (Å²) in [5.41, 5.74) is 12.3. The molecule has 4 heteroatoms. The molecule has 4 nitrogen and oxygen atoms in total.